The molecule has 0 aliphatic carbocycles. The predicted octanol–water partition coefficient (Wildman–Crippen LogP) is 8.76. The normalized spacial score (nSPS) is 19.9. The molecule has 0 heterocycles. The molecule has 0 rings (SSSR count). The lowest BCUT2D eigenvalue weighted by Crippen LogP contribution is -2.48. The summed E-state index contributed by atoms with van der Waals surface area (Å²) in [6, 6.07) is 0. The molecule has 0 bridgehead atoms. The standard InChI is InChI=1S/C35H74N2O3/c1-17-26(4)27(5)20-40-34(16,18-2)25-35(19-3,23-30(8,9)38-21-28(6)32(12,13)36)24-31(10,11)39-22-29(7)33(14,15)37/h26-29H,17-25,36-37H2,1-16H3. The largest absolute Gasteiger partial charge is 0.375 e. The maximum absolute atomic E-state index is 6.82. The van der Waals surface area contributed by atoms with Crippen molar-refractivity contribution in [1.82, 2.24) is 0 Å². The first-order chi connectivity index (χ1) is 17.9. The lowest BCUT2D eigenvalue weighted by Gasteiger charge is -2.48. The highest BCUT2D eigenvalue weighted by molar-refractivity contribution is 4.96. The molecule has 0 aromatic carbocycles. The fourth-order valence-electron chi connectivity index (χ4n) is 5.57. The van der Waals surface area contributed by atoms with Crippen LogP contribution in [0.2, 0.25) is 0 Å². The Hall–Kier alpha value is -0.200. The van der Waals surface area contributed by atoms with E-state index in [0.29, 0.717) is 25.0 Å². The summed E-state index contributed by atoms with van der Waals surface area (Å²) < 4.78 is 20.1. The van der Waals surface area contributed by atoms with E-state index in [0.717, 1.165) is 38.7 Å². The van der Waals surface area contributed by atoms with Gasteiger partial charge in [-0.3, -0.25) is 0 Å². The van der Waals surface area contributed by atoms with Crippen molar-refractivity contribution in [2.24, 2.45) is 40.6 Å². The van der Waals surface area contributed by atoms with Gasteiger partial charge in [0.2, 0.25) is 0 Å². The van der Waals surface area contributed by atoms with Crippen LogP contribution in [0.3, 0.4) is 0 Å². The molecule has 0 saturated heterocycles. The van der Waals surface area contributed by atoms with Crippen LogP contribution in [-0.4, -0.2) is 47.7 Å². The molecule has 0 spiro atoms. The zero-order valence-electron chi connectivity index (χ0n) is 30.1. The second-order valence-electron chi connectivity index (χ2n) is 16.4. The molecular weight excluding hydrogens is 496 g/mol. The van der Waals surface area contributed by atoms with E-state index >= 15 is 0 Å². The highest BCUT2D eigenvalue weighted by Gasteiger charge is 2.45. The first kappa shape index (κ1) is 39.8. The Morgan fingerprint density at radius 2 is 0.925 bits per heavy atom. The van der Waals surface area contributed by atoms with Gasteiger partial charge in [-0.2, -0.15) is 0 Å². The molecule has 40 heavy (non-hydrogen) atoms. The van der Waals surface area contributed by atoms with Gasteiger partial charge in [0.05, 0.1) is 36.6 Å². The van der Waals surface area contributed by atoms with Crippen molar-refractivity contribution in [3.8, 4) is 0 Å². The molecule has 0 saturated carbocycles. The summed E-state index contributed by atoms with van der Waals surface area (Å²) in [5.74, 6) is 1.71. The molecule has 0 aromatic rings. The summed E-state index contributed by atoms with van der Waals surface area (Å²) in [5, 5.41) is 0. The zero-order valence-corrected chi connectivity index (χ0v) is 30.1. The first-order valence-corrected chi connectivity index (χ1v) is 16.4. The van der Waals surface area contributed by atoms with Gasteiger partial charge in [0.25, 0.3) is 0 Å². The second kappa shape index (κ2) is 15.5. The molecule has 5 atom stereocenters. The van der Waals surface area contributed by atoms with Gasteiger partial charge >= 0.3 is 0 Å². The molecular formula is C35H74N2O3. The molecule has 0 amide bonds. The van der Waals surface area contributed by atoms with Gasteiger partial charge in [-0.05, 0) is 117 Å². The van der Waals surface area contributed by atoms with Crippen LogP contribution in [0, 0.1) is 29.1 Å². The van der Waals surface area contributed by atoms with Gasteiger partial charge in [0, 0.05) is 11.1 Å². The van der Waals surface area contributed by atoms with E-state index in [4.69, 9.17) is 25.7 Å². The molecule has 0 aliphatic rings. The number of hydrogen-bond acceptors (Lipinski definition) is 5. The number of nitrogens with two attached hydrogens (primary N) is 2. The summed E-state index contributed by atoms with van der Waals surface area (Å²) in [4.78, 5) is 0. The van der Waals surface area contributed by atoms with Crippen molar-refractivity contribution in [3.63, 3.8) is 0 Å². The molecule has 5 heteroatoms. The number of ether oxygens (including phenoxy) is 3. The van der Waals surface area contributed by atoms with E-state index in [-0.39, 0.29) is 45.1 Å². The Bertz CT molecular complexity index is 668. The summed E-state index contributed by atoms with van der Waals surface area (Å²) in [5.41, 5.74) is 11.4. The van der Waals surface area contributed by atoms with Gasteiger partial charge in [-0.15, -0.1) is 0 Å². The molecule has 5 unspecified atom stereocenters. The average molecular weight is 571 g/mol. The van der Waals surface area contributed by atoms with Crippen LogP contribution in [-0.2, 0) is 14.2 Å². The van der Waals surface area contributed by atoms with Gasteiger partial charge in [-0.1, -0.05) is 61.3 Å². The fraction of sp³-hybridized carbons (Fsp3) is 1.00. The number of hydrogen-bond donors (Lipinski definition) is 2. The van der Waals surface area contributed by atoms with E-state index < -0.39 is 0 Å². The zero-order chi connectivity index (χ0) is 31.8. The lowest BCUT2D eigenvalue weighted by molar-refractivity contribution is -0.136. The number of rotatable bonds is 21. The molecule has 242 valence electrons. The van der Waals surface area contributed by atoms with E-state index in [1.807, 2.05) is 0 Å². The topological polar surface area (TPSA) is 79.7 Å². The molecule has 4 N–H and O–H groups in total. The summed E-state index contributed by atoms with van der Waals surface area (Å²) in [6.45, 7) is 37.6. The van der Waals surface area contributed by atoms with Gasteiger partial charge in [0.15, 0.2) is 0 Å². The fourth-order valence-corrected chi connectivity index (χ4v) is 5.57. The monoisotopic (exact) mass is 571 g/mol. The quantitative estimate of drug-likeness (QED) is 0.144. The van der Waals surface area contributed by atoms with Crippen LogP contribution in [0.15, 0.2) is 0 Å². The third-order valence-electron chi connectivity index (χ3n) is 10.1. The Balaban J connectivity index is 6.17. The summed E-state index contributed by atoms with van der Waals surface area (Å²) in [7, 11) is 0. The Morgan fingerprint density at radius 1 is 0.525 bits per heavy atom. The minimum absolute atomic E-state index is 0.0275. The maximum atomic E-state index is 6.82. The Kier molecular flexibility index (Phi) is 15.4. The summed E-state index contributed by atoms with van der Waals surface area (Å²) in [6.07, 6.45) is 6.01. The maximum Gasteiger partial charge on any atom is 0.0657 e. The highest BCUT2D eigenvalue weighted by atomic mass is 16.5. The minimum Gasteiger partial charge on any atom is -0.375 e. The van der Waals surface area contributed by atoms with Crippen LogP contribution < -0.4 is 11.5 Å². The van der Waals surface area contributed by atoms with Crippen LogP contribution in [0.4, 0.5) is 0 Å². The molecule has 0 aromatic heterocycles. The van der Waals surface area contributed by atoms with Crippen LogP contribution in [0.25, 0.3) is 0 Å². The average Bonchev–Trinajstić information content (AvgIpc) is 2.81. The van der Waals surface area contributed by atoms with E-state index in [1.165, 1.54) is 6.42 Å². The van der Waals surface area contributed by atoms with Crippen molar-refractivity contribution in [1.29, 1.82) is 0 Å². The molecule has 5 nitrogen and oxygen atoms in total. The van der Waals surface area contributed by atoms with Crippen LogP contribution in [0.5, 0.6) is 0 Å². The third kappa shape index (κ3) is 14.3. The lowest BCUT2D eigenvalue weighted by atomic mass is 9.64. The highest BCUT2D eigenvalue weighted by Crippen LogP contribution is 2.48. The third-order valence-corrected chi connectivity index (χ3v) is 10.1. The Labute approximate surface area is 251 Å². The van der Waals surface area contributed by atoms with Crippen molar-refractivity contribution in [3.05, 3.63) is 0 Å². The van der Waals surface area contributed by atoms with Crippen molar-refractivity contribution < 1.29 is 14.2 Å². The first-order valence-electron chi connectivity index (χ1n) is 16.4. The van der Waals surface area contributed by atoms with Crippen LogP contribution in [0.1, 0.15) is 149 Å². The van der Waals surface area contributed by atoms with E-state index in [2.05, 4.69) is 111 Å². The van der Waals surface area contributed by atoms with Gasteiger partial charge in [-0.25, -0.2) is 0 Å². The smallest absolute Gasteiger partial charge is 0.0657 e. The van der Waals surface area contributed by atoms with Crippen LogP contribution >= 0.6 is 0 Å². The van der Waals surface area contributed by atoms with Crippen molar-refractivity contribution in [2.75, 3.05) is 19.8 Å². The van der Waals surface area contributed by atoms with Crippen molar-refractivity contribution in [2.45, 2.75) is 177 Å². The van der Waals surface area contributed by atoms with Gasteiger partial charge < -0.3 is 25.7 Å². The van der Waals surface area contributed by atoms with Crippen molar-refractivity contribution >= 4 is 0 Å². The van der Waals surface area contributed by atoms with E-state index in [9.17, 15) is 0 Å². The second-order valence-corrected chi connectivity index (χ2v) is 16.4. The Morgan fingerprint density at radius 3 is 1.23 bits per heavy atom. The summed E-state index contributed by atoms with van der Waals surface area (Å²) >= 11 is 0. The molecule has 0 radical (unpaired) electrons. The van der Waals surface area contributed by atoms with E-state index in [1.54, 1.807) is 0 Å². The predicted molar refractivity (Wildman–Crippen MR) is 175 cm³/mol. The SMILES string of the molecule is CCC(C)C(C)COC(C)(CC)CC(CC)(CC(C)(C)OCC(C)C(C)(C)N)CC(C)(C)OCC(C)C(C)(C)N. The molecule has 0 aliphatic heterocycles. The minimum atomic E-state index is -0.309. The molecule has 0 fully saturated rings. The van der Waals surface area contributed by atoms with Gasteiger partial charge in [0.1, 0.15) is 0 Å².